The van der Waals surface area contributed by atoms with Gasteiger partial charge in [0, 0.05) is 40.7 Å². The zero-order valence-electron chi connectivity index (χ0n) is 35.3. The van der Waals surface area contributed by atoms with Crippen molar-refractivity contribution < 1.29 is 43.4 Å². The Hall–Kier alpha value is -5.87. The van der Waals surface area contributed by atoms with Crippen LogP contribution in [0.3, 0.4) is 0 Å². The molecule has 0 spiro atoms. The smallest absolute Gasteiger partial charge is 0.411 e. The third-order valence-electron chi connectivity index (χ3n) is 15.2. The third kappa shape index (κ3) is 6.03. The maximum absolute atomic E-state index is 15.5. The maximum Gasteiger partial charge on any atom is 0.411 e. The summed E-state index contributed by atoms with van der Waals surface area (Å²) in [4.78, 5) is 87.6. The van der Waals surface area contributed by atoms with E-state index in [2.05, 4.69) is 15.5 Å². The molecule has 3 aromatic carbocycles. The van der Waals surface area contributed by atoms with E-state index in [1.165, 1.54) is 12.1 Å². The SMILES string of the molecule is CC1(C)C(C(N)=O)c2ccc(cc2)[C@@]1(C(=O)NC(=O)O)N1CCCC1[C@@H]1CC[C@@H](C2CCCN2[C@]2(C(=O)NC(=O)O)c3ccc(cc3)C(C(N)=O)C2(C)C)N1c1cccc(F)c1. The third-order valence-corrected chi connectivity index (χ3v) is 15.2. The number of hydrogen-bond donors (Lipinski definition) is 6. The van der Waals surface area contributed by atoms with Crippen molar-refractivity contribution in [2.45, 2.75) is 113 Å². The summed E-state index contributed by atoms with van der Waals surface area (Å²) >= 11 is 0. The van der Waals surface area contributed by atoms with Gasteiger partial charge in [-0.05, 0) is 92.1 Å². The molecular weight excluding hydrogens is 798 g/mol. The number of primary amides is 2. The molecule has 328 valence electrons. The summed E-state index contributed by atoms with van der Waals surface area (Å²) in [7, 11) is 0. The molecule has 16 heteroatoms. The first-order chi connectivity index (χ1) is 29.3. The lowest BCUT2D eigenvalue weighted by Crippen LogP contribution is -2.70. The first-order valence-corrected chi connectivity index (χ1v) is 21.3. The van der Waals surface area contributed by atoms with Crippen LogP contribution in [0.25, 0.3) is 0 Å². The Balaban J connectivity index is 1.29. The number of carbonyl (C=O) groups is 6. The van der Waals surface area contributed by atoms with Gasteiger partial charge in [-0.25, -0.2) is 14.0 Å². The lowest BCUT2D eigenvalue weighted by atomic mass is 9.60. The minimum Gasteiger partial charge on any atom is -0.465 e. The van der Waals surface area contributed by atoms with E-state index in [1.807, 2.05) is 15.9 Å². The highest BCUT2D eigenvalue weighted by atomic mass is 19.1. The fraction of sp³-hybridized carbons (Fsp3) is 0.478. The molecule has 0 radical (unpaired) electrons. The summed E-state index contributed by atoms with van der Waals surface area (Å²) in [5.41, 5.74) is 9.03. The second-order valence-corrected chi connectivity index (χ2v) is 18.7. The van der Waals surface area contributed by atoms with Crippen LogP contribution in [0.5, 0.6) is 0 Å². The van der Waals surface area contributed by atoms with Gasteiger partial charge in [-0.3, -0.25) is 39.6 Å². The van der Waals surface area contributed by atoms with Crippen LogP contribution in [0.15, 0.2) is 72.8 Å². The Kier molecular flexibility index (Phi) is 10.5. The number of likely N-dealkylation sites (tertiary alicyclic amines) is 2. The van der Waals surface area contributed by atoms with Gasteiger partial charge in [0.05, 0.1) is 11.8 Å². The number of anilines is 1. The quantitative estimate of drug-likeness (QED) is 0.173. The van der Waals surface area contributed by atoms with Gasteiger partial charge in [0.2, 0.25) is 11.8 Å². The summed E-state index contributed by atoms with van der Waals surface area (Å²) in [5.74, 6) is -5.39. The molecule has 8 atom stereocenters. The van der Waals surface area contributed by atoms with E-state index >= 15 is 4.39 Å². The molecule has 0 aromatic heterocycles. The van der Waals surface area contributed by atoms with Crippen molar-refractivity contribution >= 4 is 41.5 Å². The van der Waals surface area contributed by atoms with Crippen molar-refractivity contribution in [2.75, 3.05) is 18.0 Å². The molecule has 8 N–H and O–H groups in total. The maximum atomic E-state index is 15.5. The Morgan fingerprint density at radius 2 is 1.02 bits per heavy atom. The number of imide groups is 2. The monoisotopic (exact) mass is 851 g/mol. The molecule has 3 saturated heterocycles. The van der Waals surface area contributed by atoms with Gasteiger partial charge in [0.25, 0.3) is 11.8 Å². The number of carbonyl (C=O) groups excluding carboxylic acids is 4. The van der Waals surface area contributed by atoms with E-state index in [9.17, 15) is 39.0 Å². The standard InChI is InChI=1S/C46H54FN7O8/c1-43(2)35(37(48)55)25-12-16-27(17-13-25)45(43,39(57)50-41(59)60)52-22-6-10-31(52)33-20-21-34(54(33)30-9-5-8-29(47)24-30)32-11-7-23-53(32)46(40(58)51-42(61)62)28-18-14-26(15-19-28)36(38(49)56)44(46,3)4/h5,8-9,12-19,24,31-36H,6-7,10-11,20-23H2,1-4H3,(H2,48,55)(H2,49,56)(H,50,57)(H,51,58)(H,59,60)(H,61,62)/t31?,32?,33-,34-,35?,36?,45-,46-/m0/s1. The molecule has 0 saturated carbocycles. The van der Waals surface area contributed by atoms with E-state index in [4.69, 9.17) is 11.5 Å². The summed E-state index contributed by atoms with van der Waals surface area (Å²) in [6.45, 7) is 7.83. The van der Waals surface area contributed by atoms with Gasteiger partial charge in [-0.15, -0.1) is 0 Å². The van der Waals surface area contributed by atoms with E-state index < -0.39 is 99.5 Å². The number of fused-ring (bicyclic) bond motifs is 8. The Labute approximate surface area is 359 Å². The number of nitrogens with two attached hydrogens (primary N) is 2. The first-order valence-electron chi connectivity index (χ1n) is 21.3. The molecule has 4 aliphatic carbocycles. The number of rotatable bonds is 9. The second kappa shape index (κ2) is 15.2. The van der Waals surface area contributed by atoms with E-state index in [0.717, 1.165) is 0 Å². The molecule has 62 heavy (non-hydrogen) atoms. The number of carboxylic acid groups (broad SMARTS) is 2. The lowest BCUT2D eigenvalue weighted by molar-refractivity contribution is -0.150. The lowest BCUT2D eigenvalue weighted by Gasteiger charge is -2.56. The molecule has 3 aromatic rings. The number of halogens is 1. The number of hydrogen-bond acceptors (Lipinski definition) is 9. The molecule has 3 aliphatic heterocycles. The Morgan fingerprint density at radius 3 is 1.37 bits per heavy atom. The number of amides is 6. The van der Waals surface area contributed by atoms with Gasteiger partial charge in [0.15, 0.2) is 0 Å². The van der Waals surface area contributed by atoms with Crippen LogP contribution in [0.4, 0.5) is 19.7 Å². The van der Waals surface area contributed by atoms with E-state index in [-0.39, 0.29) is 0 Å². The van der Waals surface area contributed by atoms with Gasteiger partial charge in [-0.2, -0.15) is 0 Å². The second-order valence-electron chi connectivity index (χ2n) is 18.7. The zero-order valence-corrected chi connectivity index (χ0v) is 35.3. The van der Waals surface area contributed by atoms with Crippen molar-refractivity contribution in [1.82, 2.24) is 20.4 Å². The normalized spacial score (nSPS) is 31.0. The summed E-state index contributed by atoms with van der Waals surface area (Å²) in [5, 5.41) is 24.4. The topological polar surface area (TPSA) is 229 Å². The highest BCUT2D eigenvalue weighted by Gasteiger charge is 2.67. The largest absolute Gasteiger partial charge is 0.465 e. The molecule has 6 amide bonds. The molecular formula is C46H54FN7O8. The van der Waals surface area contributed by atoms with Crippen LogP contribution >= 0.6 is 0 Å². The molecule has 10 rings (SSSR count). The van der Waals surface area contributed by atoms with Crippen LogP contribution in [-0.4, -0.2) is 93.1 Å². The van der Waals surface area contributed by atoms with Crippen LogP contribution in [0, 0.1) is 16.6 Å². The molecule has 3 heterocycles. The zero-order chi connectivity index (χ0) is 44.7. The molecule has 15 nitrogen and oxygen atoms in total. The van der Waals surface area contributed by atoms with E-state index in [1.54, 1.807) is 82.3 Å². The summed E-state index contributed by atoms with van der Waals surface area (Å²) < 4.78 is 15.5. The number of benzene rings is 3. The average molecular weight is 852 g/mol. The molecule has 3 fully saturated rings. The average Bonchev–Trinajstić information content (AvgIpc) is 3.92. The predicted octanol–water partition coefficient (Wildman–Crippen LogP) is 4.69. The minimum absolute atomic E-state index is 0.359. The molecule has 4 bridgehead atoms. The minimum atomic E-state index is -1.72. The Morgan fingerprint density at radius 1 is 0.613 bits per heavy atom. The van der Waals surface area contributed by atoms with Gasteiger partial charge in [-0.1, -0.05) is 82.3 Å². The molecule has 7 aliphatic rings. The van der Waals surface area contributed by atoms with Crippen molar-refractivity contribution in [2.24, 2.45) is 22.3 Å². The highest BCUT2D eigenvalue weighted by molar-refractivity contribution is 6.01. The van der Waals surface area contributed by atoms with Crippen molar-refractivity contribution in [3.8, 4) is 0 Å². The fourth-order valence-electron chi connectivity index (χ4n) is 13.3. The summed E-state index contributed by atoms with van der Waals surface area (Å²) in [6.07, 6.45) is 0.357. The van der Waals surface area contributed by atoms with Gasteiger partial charge < -0.3 is 26.6 Å². The Bertz CT molecular complexity index is 2200. The number of nitrogens with zero attached hydrogens (tertiary/aromatic N) is 3. The number of nitrogens with one attached hydrogen (secondary N) is 2. The van der Waals surface area contributed by atoms with Crippen molar-refractivity contribution in [1.29, 1.82) is 0 Å². The highest BCUT2D eigenvalue weighted by Crippen LogP contribution is 2.60. The first kappa shape index (κ1) is 42.8. The summed E-state index contributed by atoms with van der Waals surface area (Å²) in [6, 6.07) is 18.6. The van der Waals surface area contributed by atoms with Crippen LogP contribution in [0.1, 0.15) is 100 Å². The van der Waals surface area contributed by atoms with Gasteiger partial charge >= 0.3 is 12.2 Å². The van der Waals surface area contributed by atoms with Crippen LogP contribution in [-0.2, 0) is 30.3 Å². The predicted molar refractivity (Wildman–Crippen MR) is 225 cm³/mol. The van der Waals surface area contributed by atoms with E-state index in [0.29, 0.717) is 79.6 Å². The fourth-order valence-corrected chi connectivity index (χ4v) is 13.3. The van der Waals surface area contributed by atoms with Crippen molar-refractivity contribution in [3.05, 3.63) is 101 Å². The van der Waals surface area contributed by atoms with Crippen LogP contribution < -0.4 is 27.0 Å². The van der Waals surface area contributed by atoms with Crippen molar-refractivity contribution in [3.63, 3.8) is 0 Å². The van der Waals surface area contributed by atoms with Gasteiger partial charge in [0.1, 0.15) is 16.9 Å². The molecule has 4 unspecified atom stereocenters. The van der Waals surface area contributed by atoms with Crippen LogP contribution in [0.2, 0.25) is 0 Å².